The Labute approximate surface area is 193 Å². The first-order valence-electron chi connectivity index (χ1n) is 11.6. The second kappa shape index (κ2) is 8.57. The summed E-state index contributed by atoms with van der Waals surface area (Å²) in [6.45, 7) is 6.83. The molecule has 2 aromatic rings. The molecule has 1 fully saturated rings. The van der Waals surface area contributed by atoms with Gasteiger partial charge in [-0.2, -0.15) is 0 Å². The number of benzene rings is 1. The fraction of sp³-hybridized carbons (Fsp3) is 0.480. The molecule has 8 nitrogen and oxygen atoms in total. The van der Waals surface area contributed by atoms with Crippen molar-refractivity contribution in [2.75, 3.05) is 18.5 Å². The zero-order valence-corrected chi connectivity index (χ0v) is 19.2. The summed E-state index contributed by atoms with van der Waals surface area (Å²) in [5, 5.41) is 2.88. The van der Waals surface area contributed by atoms with Crippen LogP contribution < -0.4 is 19.5 Å². The Morgan fingerprint density at radius 1 is 1.21 bits per heavy atom. The highest BCUT2D eigenvalue weighted by atomic mass is 16.5. The summed E-state index contributed by atoms with van der Waals surface area (Å²) >= 11 is 0. The molecule has 4 heterocycles. The number of hydrogen-bond donors (Lipinski definition) is 1. The lowest BCUT2D eigenvalue weighted by molar-refractivity contribution is -0.116. The molecule has 0 spiro atoms. The Morgan fingerprint density at radius 3 is 2.88 bits per heavy atom. The minimum atomic E-state index is -0.190. The molecule has 0 unspecified atom stereocenters. The third kappa shape index (κ3) is 4.34. The zero-order valence-electron chi connectivity index (χ0n) is 19.2. The predicted molar refractivity (Wildman–Crippen MR) is 122 cm³/mol. The van der Waals surface area contributed by atoms with Gasteiger partial charge in [0.1, 0.15) is 23.2 Å². The first-order valence-corrected chi connectivity index (χ1v) is 11.6. The SMILES string of the molecule is Cc1cc2c(c(OC(C)C)c1)C(=O)N1C[C@@H](Oc3cc4c(cn3)CCC(=O)N4)C[C@@H]1CCO2. The smallest absolute Gasteiger partial charge is 0.261 e. The number of aryl methyl sites for hydroxylation is 2. The van der Waals surface area contributed by atoms with Crippen LogP contribution in [0.5, 0.6) is 17.4 Å². The van der Waals surface area contributed by atoms with Gasteiger partial charge in [-0.3, -0.25) is 9.59 Å². The van der Waals surface area contributed by atoms with Crippen molar-refractivity contribution in [3.63, 3.8) is 0 Å². The fourth-order valence-electron chi connectivity index (χ4n) is 4.80. The maximum absolute atomic E-state index is 13.7. The number of nitrogens with one attached hydrogen (secondary N) is 1. The number of anilines is 1. The number of ether oxygens (including phenoxy) is 3. The summed E-state index contributed by atoms with van der Waals surface area (Å²) < 4.78 is 18.2. The van der Waals surface area contributed by atoms with Crippen molar-refractivity contribution in [3.05, 3.63) is 41.1 Å². The zero-order chi connectivity index (χ0) is 23.1. The van der Waals surface area contributed by atoms with Crippen molar-refractivity contribution in [2.45, 2.75) is 64.7 Å². The van der Waals surface area contributed by atoms with Gasteiger partial charge >= 0.3 is 0 Å². The van der Waals surface area contributed by atoms with Crippen LogP contribution in [0.4, 0.5) is 5.69 Å². The standard InChI is InChI=1S/C25H29N3O5/c1-14(2)32-21-9-15(3)8-20-24(21)25(30)28-13-18(10-17(28)6-7-31-20)33-23-11-19-16(12-26-23)4-5-22(29)27-19/h8-9,11-12,14,17-18H,4-7,10,13H2,1-3H3,(H,27,29)/t17-,18-/m0/s1. The molecule has 0 saturated carbocycles. The normalized spacial score (nSPS) is 21.9. The molecule has 5 rings (SSSR count). The Morgan fingerprint density at radius 2 is 2.06 bits per heavy atom. The minimum absolute atomic E-state index is 0.00377. The quantitative estimate of drug-likeness (QED) is 0.765. The van der Waals surface area contributed by atoms with Gasteiger partial charge in [-0.05, 0) is 50.5 Å². The summed E-state index contributed by atoms with van der Waals surface area (Å²) in [5.74, 6) is 1.50. The van der Waals surface area contributed by atoms with Crippen LogP contribution in [-0.4, -0.2) is 53.1 Å². The molecule has 1 aromatic carbocycles. The van der Waals surface area contributed by atoms with Crippen molar-refractivity contribution in [1.29, 1.82) is 0 Å². The van der Waals surface area contributed by atoms with Gasteiger partial charge in [-0.1, -0.05) is 0 Å². The van der Waals surface area contributed by atoms with Crippen LogP contribution in [0.3, 0.4) is 0 Å². The van der Waals surface area contributed by atoms with Crippen molar-refractivity contribution in [1.82, 2.24) is 9.88 Å². The molecule has 0 radical (unpaired) electrons. The van der Waals surface area contributed by atoms with E-state index in [1.165, 1.54) is 0 Å². The van der Waals surface area contributed by atoms with Gasteiger partial charge in [-0.25, -0.2) is 4.98 Å². The van der Waals surface area contributed by atoms with Crippen LogP contribution in [0.2, 0.25) is 0 Å². The lowest BCUT2D eigenvalue weighted by atomic mass is 10.0. The monoisotopic (exact) mass is 451 g/mol. The van der Waals surface area contributed by atoms with E-state index in [0.717, 1.165) is 23.2 Å². The number of carbonyl (C=O) groups is 2. The maximum atomic E-state index is 13.7. The number of nitrogens with zero attached hydrogens (tertiary/aromatic N) is 2. The number of aromatic nitrogens is 1. The number of pyridine rings is 1. The molecule has 1 N–H and O–H groups in total. The topological polar surface area (TPSA) is 90.0 Å². The largest absolute Gasteiger partial charge is 0.493 e. The van der Waals surface area contributed by atoms with E-state index in [-0.39, 0.29) is 30.1 Å². The average Bonchev–Trinajstić information content (AvgIpc) is 3.13. The van der Waals surface area contributed by atoms with Gasteiger partial charge in [0.15, 0.2) is 0 Å². The molecule has 0 aliphatic carbocycles. The Kier molecular flexibility index (Phi) is 5.60. The van der Waals surface area contributed by atoms with E-state index >= 15 is 0 Å². The van der Waals surface area contributed by atoms with Crippen LogP contribution in [0, 0.1) is 6.92 Å². The first-order chi connectivity index (χ1) is 15.9. The lowest BCUT2D eigenvalue weighted by Gasteiger charge is -2.29. The summed E-state index contributed by atoms with van der Waals surface area (Å²) in [6.07, 6.45) is 4.09. The number of rotatable bonds is 4. The molecule has 0 bridgehead atoms. The van der Waals surface area contributed by atoms with Gasteiger partial charge in [-0.15, -0.1) is 0 Å². The molecule has 8 heteroatoms. The maximum Gasteiger partial charge on any atom is 0.261 e. The Balaban J connectivity index is 1.38. The van der Waals surface area contributed by atoms with E-state index in [1.807, 2.05) is 37.8 Å². The first kappa shape index (κ1) is 21.6. The average molecular weight is 452 g/mol. The van der Waals surface area contributed by atoms with Crippen LogP contribution in [0.25, 0.3) is 0 Å². The fourth-order valence-corrected chi connectivity index (χ4v) is 4.80. The molecular weight excluding hydrogens is 422 g/mol. The molecule has 2 atom stereocenters. The van der Waals surface area contributed by atoms with Crippen LogP contribution in [0.1, 0.15) is 54.6 Å². The lowest BCUT2D eigenvalue weighted by Crippen LogP contribution is -2.39. The highest BCUT2D eigenvalue weighted by Crippen LogP contribution is 2.37. The molecule has 3 aliphatic rings. The van der Waals surface area contributed by atoms with E-state index in [0.29, 0.717) is 55.4 Å². The second-order valence-electron chi connectivity index (χ2n) is 9.25. The van der Waals surface area contributed by atoms with Gasteiger partial charge in [0.25, 0.3) is 5.91 Å². The van der Waals surface area contributed by atoms with Gasteiger partial charge < -0.3 is 24.4 Å². The number of fused-ring (bicyclic) bond motifs is 3. The second-order valence-corrected chi connectivity index (χ2v) is 9.25. The van der Waals surface area contributed by atoms with Crippen LogP contribution >= 0.6 is 0 Å². The third-order valence-electron chi connectivity index (χ3n) is 6.28. The molecule has 2 amide bonds. The van der Waals surface area contributed by atoms with E-state index in [9.17, 15) is 9.59 Å². The third-order valence-corrected chi connectivity index (χ3v) is 6.28. The van der Waals surface area contributed by atoms with Crippen LogP contribution in [0.15, 0.2) is 24.4 Å². The summed E-state index contributed by atoms with van der Waals surface area (Å²) in [4.78, 5) is 31.7. The minimum Gasteiger partial charge on any atom is -0.493 e. The van der Waals surface area contributed by atoms with E-state index in [1.54, 1.807) is 12.3 Å². The number of carbonyl (C=O) groups excluding carboxylic acids is 2. The van der Waals surface area contributed by atoms with E-state index in [2.05, 4.69) is 10.3 Å². The van der Waals surface area contributed by atoms with Gasteiger partial charge in [0.05, 0.1) is 24.9 Å². The highest BCUT2D eigenvalue weighted by Gasteiger charge is 2.40. The number of amides is 2. The van der Waals surface area contributed by atoms with Crippen LogP contribution in [-0.2, 0) is 11.2 Å². The summed E-state index contributed by atoms with van der Waals surface area (Å²) in [7, 11) is 0. The van der Waals surface area contributed by atoms with Crippen molar-refractivity contribution in [3.8, 4) is 17.4 Å². The summed E-state index contributed by atoms with van der Waals surface area (Å²) in [6, 6.07) is 5.59. The predicted octanol–water partition coefficient (Wildman–Crippen LogP) is 3.51. The molecule has 1 aromatic heterocycles. The molecule has 3 aliphatic heterocycles. The molecule has 1 saturated heterocycles. The van der Waals surface area contributed by atoms with Gasteiger partial charge in [0, 0.05) is 37.6 Å². The molecule has 33 heavy (non-hydrogen) atoms. The van der Waals surface area contributed by atoms with Crippen molar-refractivity contribution < 1.29 is 23.8 Å². The Bertz CT molecular complexity index is 1100. The van der Waals surface area contributed by atoms with Gasteiger partial charge in [0.2, 0.25) is 11.8 Å². The molecule has 174 valence electrons. The Hall–Kier alpha value is -3.29. The highest BCUT2D eigenvalue weighted by molar-refractivity contribution is 6.00. The van der Waals surface area contributed by atoms with E-state index in [4.69, 9.17) is 14.2 Å². The van der Waals surface area contributed by atoms with Crippen molar-refractivity contribution in [2.24, 2.45) is 0 Å². The number of hydrogen-bond acceptors (Lipinski definition) is 6. The van der Waals surface area contributed by atoms with Crippen molar-refractivity contribution >= 4 is 17.5 Å². The van der Waals surface area contributed by atoms with E-state index < -0.39 is 0 Å². The summed E-state index contributed by atoms with van der Waals surface area (Å²) in [5.41, 5.74) is 3.23. The molecular formula is C25H29N3O5.